The molecule has 4 unspecified atom stereocenters. The second-order valence-electron chi connectivity index (χ2n) is 5.18. The molecule has 0 aromatic carbocycles. The summed E-state index contributed by atoms with van der Waals surface area (Å²) in [5.74, 6) is 2.19. The first-order valence-corrected chi connectivity index (χ1v) is 6.67. The lowest BCUT2D eigenvalue weighted by Gasteiger charge is -2.45. The predicted octanol–water partition coefficient (Wildman–Crippen LogP) is 0.874. The number of ether oxygens (including phenoxy) is 1. The summed E-state index contributed by atoms with van der Waals surface area (Å²) >= 11 is 0. The number of hydrogen-bond acceptors (Lipinski definition) is 5. The van der Waals surface area contributed by atoms with E-state index in [1.807, 2.05) is 13.0 Å². The van der Waals surface area contributed by atoms with Crippen molar-refractivity contribution in [2.45, 2.75) is 44.9 Å². The summed E-state index contributed by atoms with van der Waals surface area (Å²) < 4.78 is 5.71. The average molecular weight is 248 g/mol. The van der Waals surface area contributed by atoms with E-state index in [9.17, 15) is 0 Å². The molecule has 4 atom stereocenters. The smallest absolute Gasteiger partial charge is 0.130 e. The van der Waals surface area contributed by atoms with Crippen molar-refractivity contribution in [3.05, 3.63) is 17.6 Å². The molecular weight excluding hydrogens is 228 g/mol. The first-order valence-electron chi connectivity index (χ1n) is 6.67. The Kier molecular flexibility index (Phi) is 2.95. The zero-order valence-corrected chi connectivity index (χ0v) is 10.9. The van der Waals surface area contributed by atoms with E-state index in [1.165, 1.54) is 0 Å². The molecule has 5 nitrogen and oxygen atoms in total. The number of nitrogens with zero attached hydrogens (tertiary/aromatic N) is 2. The Hall–Kier alpha value is -1.20. The number of anilines is 1. The van der Waals surface area contributed by atoms with Gasteiger partial charge < -0.3 is 15.8 Å². The van der Waals surface area contributed by atoms with Gasteiger partial charge in [0.2, 0.25) is 0 Å². The molecule has 3 rings (SSSR count). The molecule has 1 aromatic rings. The molecule has 1 saturated carbocycles. The van der Waals surface area contributed by atoms with Crippen LogP contribution in [-0.2, 0) is 11.2 Å². The highest BCUT2D eigenvalue weighted by molar-refractivity contribution is 5.40. The van der Waals surface area contributed by atoms with Crippen LogP contribution in [0.1, 0.15) is 24.9 Å². The predicted molar refractivity (Wildman–Crippen MR) is 69.4 cm³/mol. The summed E-state index contributed by atoms with van der Waals surface area (Å²) in [6.07, 6.45) is 2.27. The fraction of sp³-hybridized carbons (Fsp3) is 0.692. The third kappa shape index (κ3) is 1.87. The Morgan fingerprint density at radius 2 is 2.33 bits per heavy atom. The molecule has 0 bridgehead atoms. The molecule has 1 aromatic heterocycles. The van der Waals surface area contributed by atoms with Crippen LogP contribution in [0.4, 0.5) is 5.82 Å². The maximum Gasteiger partial charge on any atom is 0.130 e. The molecule has 0 radical (unpaired) electrons. The molecule has 1 aliphatic carbocycles. The minimum absolute atomic E-state index is 0.179. The summed E-state index contributed by atoms with van der Waals surface area (Å²) in [6.45, 7) is 4.85. The van der Waals surface area contributed by atoms with E-state index in [0.717, 1.165) is 36.8 Å². The van der Waals surface area contributed by atoms with E-state index >= 15 is 0 Å². The lowest BCUT2D eigenvalue weighted by Crippen LogP contribution is -2.65. The Labute approximate surface area is 107 Å². The maximum atomic E-state index is 6.18. The number of rotatable bonds is 3. The van der Waals surface area contributed by atoms with Crippen LogP contribution in [0.3, 0.4) is 0 Å². The van der Waals surface area contributed by atoms with Gasteiger partial charge in [-0.1, -0.05) is 6.92 Å². The van der Waals surface area contributed by atoms with Gasteiger partial charge in [-0.05, 0) is 19.8 Å². The van der Waals surface area contributed by atoms with Gasteiger partial charge in [-0.25, -0.2) is 9.97 Å². The first kappa shape index (κ1) is 11.9. The molecule has 0 amide bonds. The molecule has 18 heavy (non-hydrogen) atoms. The van der Waals surface area contributed by atoms with Crippen molar-refractivity contribution < 1.29 is 4.74 Å². The molecule has 1 aliphatic heterocycles. The van der Waals surface area contributed by atoms with E-state index in [1.54, 1.807) is 0 Å². The second-order valence-corrected chi connectivity index (χ2v) is 5.18. The molecular formula is C13H20N4O. The first-order chi connectivity index (χ1) is 8.69. The molecule has 2 fully saturated rings. The quantitative estimate of drug-likeness (QED) is 0.830. The molecule has 5 heteroatoms. The van der Waals surface area contributed by atoms with Crippen molar-refractivity contribution in [1.29, 1.82) is 0 Å². The van der Waals surface area contributed by atoms with E-state index in [2.05, 4.69) is 22.2 Å². The van der Waals surface area contributed by atoms with Crippen LogP contribution in [0, 0.1) is 12.8 Å². The maximum absolute atomic E-state index is 6.18. The fourth-order valence-corrected chi connectivity index (χ4v) is 2.98. The van der Waals surface area contributed by atoms with Crippen LogP contribution in [0.25, 0.3) is 0 Å². The minimum atomic E-state index is 0.179. The van der Waals surface area contributed by atoms with Crippen LogP contribution in [-0.4, -0.2) is 34.8 Å². The van der Waals surface area contributed by atoms with E-state index in [4.69, 9.17) is 10.5 Å². The number of nitrogens with two attached hydrogens (primary N) is 1. The van der Waals surface area contributed by atoms with Gasteiger partial charge in [-0.15, -0.1) is 0 Å². The molecule has 2 heterocycles. The number of fused-ring (bicyclic) bond motifs is 1. The van der Waals surface area contributed by atoms with E-state index in [-0.39, 0.29) is 18.2 Å². The van der Waals surface area contributed by atoms with Crippen LogP contribution in [0.15, 0.2) is 6.07 Å². The number of hydrogen-bond donors (Lipinski definition) is 2. The fourth-order valence-electron chi connectivity index (χ4n) is 2.98. The van der Waals surface area contributed by atoms with Crippen LogP contribution >= 0.6 is 0 Å². The molecule has 98 valence electrons. The largest absolute Gasteiger partial charge is 0.376 e. The van der Waals surface area contributed by atoms with Gasteiger partial charge in [-0.2, -0.15) is 0 Å². The Bertz CT molecular complexity index is 451. The van der Waals surface area contributed by atoms with Crippen molar-refractivity contribution >= 4 is 5.82 Å². The lowest BCUT2D eigenvalue weighted by molar-refractivity contribution is 0.00523. The molecule has 0 spiro atoms. The number of nitrogens with one attached hydrogen (secondary N) is 1. The lowest BCUT2D eigenvalue weighted by atomic mass is 9.72. The third-order valence-electron chi connectivity index (χ3n) is 4.01. The number of aromatic nitrogens is 2. The number of aryl methyl sites for hydroxylation is 2. The van der Waals surface area contributed by atoms with Gasteiger partial charge in [0.15, 0.2) is 0 Å². The highest BCUT2D eigenvalue weighted by atomic mass is 16.5. The zero-order chi connectivity index (χ0) is 12.7. The minimum Gasteiger partial charge on any atom is -0.376 e. The van der Waals surface area contributed by atoms with Crippen LogP contribution in [0.5, 0.6) is 0 Å². The van der Waals surface area contributed by atoms with Crippen molar-refractivity contribution in [1.82, 2.24) is 9.97 Å². The van der Waals surface area contributed by atoms with Gasteiger partial charge in [-0.3, -0.25) is 0 Å². The van der Waals surface area contributed by atoms with Crippen molar-refractivity contribution in [2.75, 3.05) is 11.9 Å². The summed E-state index contributed by atoms with van der Waals surface area (Å²) in [6, 6.07) is 2.37. The Morgan fingerprint density at radius 3 is 3.11 bits per heavy atom. The highest BCUT2D eigenvalue weighted by Gasteiger charge is 2.52. The van der Waals surface area contributed by atoms with Gasteiger partial charge in [0, 0.05) is 30.3 Å². The highest BCUT2D eigenvalue weighted by Crippen LogP contribution is 2.39. The zero-order valence-electron chi connectivity index (χ0n) is 10.9. The third-order valence-corrected chi connectivity index (χ3v) is 4.01. The molecule has 1 saturated heterocycles. The normalized spacial score (nSPS) is 33.9. The summed E-state index contributed by atoms with van der Waals surface area (Å²) in [5.41, 5.74) is 7.24. The van der Waals surface area contributed by atoms with Crippen molar-refractivity contribution in [3.63, 3.8) is 0 Å². The molecule has 3 N–H and O–H groups in total. The van der Waals surface area contributed by atoms with Crippen molar-refractivity contribution in [2.24, 2.45) is 11.7 Å². The van der Waals surface area contributed by atoms with Gasteiger partial charge in [0.1, 0.15) is 11.6 Å². The van der Waals surface area contributed by atoms with Gasteiger partial charge >= 0.3 is 0 Å². The van der Waals surface area contributed by atoms with Gasteiger partial charge in [0.05, 0.1) is 12.1 Å². The second kappa shape index (κ2) is 4.48. The standard InChI is InChI=1S/C13H20N4O/c1-3-8-6-10(16-7(2)15-8)17-12-11(14)9-4-5-18-13(9)12/h6,9,11-13H,3-5,14H2,1-2H3,(H,15,16,17). The Balaban J connectivity index is 1.74. The summed E-state index contributed by atoms with van der Waals surface area (Å²) in [4.78, 5) is 8.79. The molecule has 2 aliphatic rings. The monoisotopic (exact) mass is 248 g/mol. The average Bonchev–Trinajstić information content (AvgIpc) is 2.80. The Morgan fingerprint density at radius 1 is 1.50 bits per heavy atom. The van der Waals surface area contributed by atoms with E-state index < -0.39 is 0 Å². The summed E-state index contributed by atoms with van der Waals surface area (Å²) in [5, 5.41) is 3.41. The van der Waals surface area contributed by atoms with Crippen LogP contribution < -0.4 is 11.1 Å². The van der Waals surface area contributed by atoms with Crippen LogP contribution in [0.2, 0.25) is 0 Å². The summed E-state index contributed by atoms with van der Waals surface area (Å²) in [7, 11) is 0. The van der Waals surface area contributed by atoms with Crippen molar-refractivity contribution in [3.8, 4) is 0 Å². The SMILES string of the molecule is CCc1cc(NC2C(N)C3CCOC32)nc(C)n1. The van der Waals surface area contributed by atoms with E-state index in [0.29, 0.717) is 5.92 Å². The van der Waals surface area contributed by atoms with Gasteiger partial charge in [0.25, 0.3) is 0 Å². The topological polar surface area (TPSA) is 73.1 Å².